The summed E-state index contributed by atoms with van der Waals surface area (Å²) in [6.45, 7) is 3.76. The Morgan fingerprint density at radius 1 is 1.38 bits per heavy atom. The van der Waals surface area contributed by atoms with E-state index in [-0.39, 0.29) is 5.78 Å². The lowest BCUT2D eigenvalue weighted by Crippen LogP contribution is -2.24. The summed E-state index contributed by atoms with van der Waals surface area (Å²) in [6, 6.07) is 0. The van der Waals surface area contributed by atoms with Gasteiger partial charge in [-0.05, 0) is 18.6 Å². The number of hydrogen-bond donors (Lipinski definition) is 1. The van der Waals surface area contributed by atoms with Gasteiger partial charge in [-0.15, -0.1) is 0 Å². The number of carbonyl (C=O) groups is 2. The van der Waals surface area contributed by atoms with Crippen molar-refractivity contribution in [3.8, 4) is 0 Å². The van der Waals surface area contributed by atoms with Gasteiger partial charge in [0.25, 0.3) is 0 Å². The Morgan fingerprint density at radius 3 is 2.38 bits per heavy atom. The summed E-state index contributed by atoms with van der Waals surface area (Å²) in [4.78, 5) is 21.9. The van der Waals surface area contributed by atoms with Crippen molar-refractivity contribution in [1.29, 1.82) is 0 Å². The number of ketones is 1. The normalized spacial score (nSPS) is 12.5. The van der Waals surface area contributed by atoms with Gasteiger partial charge in [0.05, 0.1) is 5.75 Å². The smallest absolute Gasteiger partial charge is 0.314 e. The van der Waals surface area contributed by atoms with Crippen LogP contribution in [0.5, 0.6) is 0 Å². The van der Waals surface area contributed by atoms with Crippen molar-refractivity contribution in [3.63, 3.8) is 0 Å². The summed E-state index contributed by atoms with van der Waals surface area (Å²) in [6.07, 6.45) is 1.41. The summed E-state index contributed by atoms with van der Waals surface area (Å²) in [5, 5.41) is 8.67. The molecule has 0 heterocycles. The molecule has 1 unspecified atom stereocenters. The Morgan fingerprint density at radius 2 is 2.00 bits per heavy atom. The Bertz CT molecular complexity index is 180. The number of carbonyl (C=O) groups excluding carboxylic acids is 1. The molecule has 0 aliphatic carbocycles. The standard InChI is InChI=1S/C9H16O3S/c1-3-5-13-6-8(10)7(4-2)9(11)12/h7H,3-6H2,1-2H3,(H,11,12). The second-order valence-electron chi connectivity index (χ2n) is 2.82. The molecule has 0 saturated heterocycles. The largest absolute Gasteiger partial charge is 0.481 e. The topological polar surface area (TPSA) is 54.4 Å². The molecule has 76 valence electrons. The first-order valence-electron chi connectivity index (χ1n) is 4.46. The molecule has 1 N–H and O–H groups in total. The highest BCUT2D eigenvalue weighted by Crippen LogP contribution is 2.10. The third-order valence-electron chi connectivity index (χ3n) is 1.69. The molecule has 0 radical (unpaired) electrons. The number of aliphatic carboxylic acids is 1. The quantitative estimate of drug-likeness (QED) is 0.507. The minimum atomic E-state index is -0.996. The van der Waals surface area contributed by atoms with Crippen molar-refractivity contribution < 1.29 is 14.7 Å². The van der Waals surface area contributed by atoms with Gasteiger partial charge in [-0.1, -0.05) is 13.8 Å². The molecule has 0 spiro atoms. The second kappa shape index (κ2) is 6.95. The van der Waals surface area contributed by atoms with Crippen LogP contribution in [0.25, 0.3) is 0 Å². The van der Waals surface area contributed by atoms with E-state index in [9.17, 15) is 9.59 Å². The van der Waals surface area contributed by atoms with Crippen molar-refractivity contribution in [1.82, 2.24) is 0 Å². The molecule has 0 rings (SSSR count). The van der Waals surface area contributed by atoms with Gasteiger partial charge in [0.1, 0.15) is 5.92 Å². The molecule has 0 aliphatic heterocycles. The average molecular weight is 204 g/mol. The Hall–Kier alpha value is -0.510. The molecule has 0 aliphatic rings. The van der Waals surface area contributed by atoms with Gasteiger partial charge in [-0.2, -0.15) is 11.8 Å². The lowest BCUT2D eigenvalue weighted by molar-refractivity contribution is -0.145. The maximum Gasteiger partial charge on any atom is 0.314 e. The first kappa shape index (κ1) is 12.5. The van der Waals surface area contributed by atoms with Crippen molar-refractivity contribution in [2.45, 2.75) is 26.7 Å². The number of hydrogen-bond acceptors (Lipinski definition) is 3. The van der Waals surface area contributed by atoms with Crippen LogP contribution in [0, 0.1) is 5.92 Å². The van der Waals surface area contributed by atoms with Crippen LogP contribution in [0.4, 0.5) is 0 Å². The Kier molecular flexibility index (Phi) is 6.68. The third kappa shape index (κ3) is 4.93. The number of carboxylic acid groups (broad SMARTS) is 1. The van der Waals surface area contributed by atoms with Crippen LogP contribution in [-0.4, -0.2) is 28.4 Å². The molecule has 0 aromatic heterocycles. The lowest BCUT2D eigenvalue weighted by Gasteiger charge is -2.07. The van der Waals surface area contributed by atoms with Crippen molar-refractivity contribution in [2.75, 3.05) is 11.5 Å². The maximum atomic E-state index is 11.3. The van der Waals surface area contributed by atoms with Crippen LogP contribution in [0.15, 0.2) is 0 Å². The van der Waals surface area contributed by atoms with E-state index in [1.165, 1.54) is 11.8 Å². The highest BCUT2D eigenvalue weighted by molar-refractivity contribution is 7.99. The molecule has 0 aromatic rings. The lowest BCUT2D eigenvalue weighted by atomic mass is 10.0. The van der Waals surface area contributed by atoms with Gasteiger partial charge in [-0.25, -0.2) is 0 Å². The maximum absolute atomic E-state index is 11.3. The fourth-order valence-corrected chi connectivity index (χ4v) is 1.79. The minimum Gasteiger partial charge on any atom is -0.481 e. The van der Waals surface area contributed by atoms with E-state index in [0.717, 1.165) is 12.2 Å². The molecule has 0 saturated carbocycles. The molecular weight excluding hydrogens is 188 g/mol. The van der Waals surface area contributed by atoms with Crippen LogP contribution in [0.3, 0.4) is 0 Å². The van der Waals surface area contributed by atoms with E-state index in [1.807, 2.05) is 6.92 Å². The molecule has 0 aromatic carbocycles. The molecule has 1 atom stereocenters. The average Bonchev–Trinajstić information content (AvgIpc) is 2.05. The highest BCUT2D eigenvalue weighted by atomic mass is 32.2. The molecule has 3 nitrogen and oxygen atoms in total. The number of Topliss-reactive ketones (excluding diaryl/α,β-unsaturated/α-hetero) is 1. The summed E-state index contributed by atoms with van der Waals surface area (Å²) in [5.41, 5.74) is 0. The number of carboxylic acids is 1. The predicted molar refractivity (Wildman–Crippen MR) is 54.0 cm³/mol. The monoisotopic (exact) mass is 204 g/mol. The van der Waals surface area contributed by atoms with E-state index in [1.54, 1.807) is 6.92 Å². The molecule has 0 amide bonds. The van der Waals surface area contributed by atoms with Crippen molar-refractivity contribution >= 4 is 23.5 Å². The zero-order chi connectivity index (χ0) is 10.3. The van der Waals surface area contributed by atoms with E-state index < -0.39 is 11.9 Å². The van der Waals surface area contributed by atoms with Crippen LogP contribution in [0.1, 0.15) is 26.7 Å². The second-order valence-corrected chi connectivity index (χ2v) is 3.92. The van der Waals surface area contributed by atoms with Gasteiger partial charge in [0, 0.05) is 0 Å². The van der Waals surface area contributed by atoms with Crippen molar-refractivity contribution in [2.24, 2.45) is 5.92 Å². The zero-order valence-corrected chi connectivity index (χ0v) is 8.89. The summed E-state index contributed by atoms with van der Waals surface area (Å²) in [5.74, 6) is -0.706. The van der Waals surface area contributed by atoms with E-state index in [4.69, 9.17) is 5.11 Å². The minimum absolute atomic E-state index is 0.159. The fourth-order valence-electron chi connectivity index (χ4n) is 0.958. The Labute approximate surface area is 82.9 Å². The summed E-state index contributed by atoms with van der Waals surface area (Å²) >= 11 is 1.51. The zero-order valence-electron chi connectivity index (χ0n) is 8.08. The van der Waals surface area contributed by atoms with Crippen molar-refractivity contribution in [3.05, 3.63) is 0 Å². The first-order chi connectivity index (χ1) is 6.13. The van der Waals surface area contributed by atoms with E-state index >= 15 is 0 Å². The van der Waals surface area contributed by atoms with E-state index in [2.05, 4.69) is 0 Å². The third-order valence-corrected chi connectivity index (χ3v) is 2.87. The molecule has 4 heteroatoms. The number of thioether (sulfide) groups is 1. The molecule has 0 fully saturated rings. The van der Waals surface area contributed by atoms with Crippen LogP contribution < -0.4 is 0 Å². The predicted octanol–water partition coefficient (Wildman–Crippen LogP) is 1.81. The Balaban J connectivity index is 3.85. The van der Waals surface area contributed by atoms with Gasteiger partial charge < -0.3 is 5.11 Å². The summed E-state index contributed by atoms with van der Waals surface area (Å²) in [7, 11) is 0. The van der Waals surface area contributed by atoms with Gasteiger partial charge in [0.15, 0.2) is 5.78 Å². The molecular formula is C9H16O3S. The molecule has 13 heavy (non-hydrogen) atoms. The van der Waals surface area contributed by atoms with E-state index in [0.29, 0.717) is 12.2 Å². The number of rotatable bonds is 7. The van der Waals surface area contributed by atoms with Crippen LogP contribution in [-0.2, 0) is 9.59 Å². The van der Waals surface area contributed by atoms with Gasteiger partial charge in [0.2, 0.25) is 0 Å². The van der Waals surface area contributed by atoms with Gasteiger partial charge >= 0.3 is 5.97 Å². The van der Waals surface area contributed by atoms with Gasteiger partial charge in [-0.3, -0.25) is 9.59 Å². The first-order valence-corrected chi connectivity index (χ1v) is 5.62. The fraction of sp³-hybridized carbons (Fsp3) is 0.778. The van der Waals surface area contributed by atoms with Crippen LogP contribution >= 0.6 is 11.8 Å². The molecule has 0 bridgehead atoms. The van der Waals surface area contributed by atoms with Crippen LogP contribution in [0.2, 0.25) is 0 Å². The summed E-state index contributed by atoms with van der Waals surface area (Å²) < 4.78 is 0. The SMILES string of the molecule is CCCSCC(=O)C(CC)C(=O)O. The highest BCUT2D eigenvalue weighted by Gasteiger charge is 2.23.